The monoisotopic (exact) mass is 190 g/mol. The highest BCUT2D eigenvalue weighted by atomic mass is 19.0. The smallest absolute Gasteiger partial charge is 0.145 e. The first-order chi connectivity index (χ1) is 5.38. The van der Waals surface area contributed by atoms with E-state index in [9.17, 15) is 9.59 Å². The third-order valence-corrected chi connectivity index (χ3v) is 1.72. The number of carbonyl (C=O) groups excluding carboxylic acids is 2. The number of ketones is 2. The Labute approximate surface area is 79.1 Å². The fourth-order valence-corrected chi connectivity index (χ4v) is 0.811. The lowest BCUT2D eigenvalue weighted by atomic mass is 9.87. The summed E-state index contributed by atoms with van der Waals surface area (Å²) in [5, 5.41) is 0. The van der Waals surface area contributed by atoms with E-state index in [-0.39, 0.29) is 28.1 Å². The van der Waals surface area contributed by atoms with Crippen LogP contribution in [-0.2, 0) is 9.59 Å². The second-order valence-corrected chi connectivity index (χ2v) is 4.14. The van der Waals surface area contributed by atoms with Crippen molar-refractivity contribution in [1.82, 2.24) is 0 Å². The predicted octanol–water partition coefficient (Wildman–Crippen LogP) is 2.51. The van der Waals surface area contributed by atoms with Gasteiger partial charge in [0, 0.05) is 11.8 Å². The third-order valence-electron chi connectivity index (χ3n) is 1.72. The molecular formula is C10H19FO2. The average molecular weight is 190 g/mol. The summed E-state index contributed by atoms with van der Waals surface area (Å²) in [4.78, 5) is 22.4. The van der Waals surface area contributed by atoms with Crippen LogP contribution in [-0.4, -0.2) is 11.6 Å². The molecule has 13 heavy (non-hydrogen) atoms. The van der Waals surface area contributed by atoms with Crippen LogP contribution in [0.1, 0.15) is 47.0 Å². The molecular weight excluding hydrogens is 171 g/mol. The maximum Gasteiger partial charge on any atom is 0.145 e. The van der Waals surface area contributed by atoms with Crippen molar-refractivity contribution < 1.29 is 14.3 Å². The molecule has 0 spiro atoms. The van der Waals surface area contributed by atoms with Crippen LogP contribution in [0.4, 0.5) is 4.70 Å². The van der Waals surface area contributed by atoms with Gasteiger partial charge in [0.25, 0.3) is 0 Å². The van der Waals surface area contributed by atoms with Gasteiger partial charge in [0.15, 0.2) is 0 Å². The molecule has 0 amide bonds. The minimum Gasteiger partial charge on any atom is -0.299 e. The quantitative estimate of drug-likeness (QED) is 0.638. The molecule has 0 aliphatic heterocycles. The van der Waals surface area contributed by atoms with Crippen molar-refractivity contribution in [2.75, 3.05) is 0 Å². The molecule has 0 aliphatic rings. The number of rotatable bonds is 4. The van der Waals surface area contributed by atoms with Crippen LogP contribution in [0.3, 0.4) is 0 Å². The standard InChI is InChI=1S/C10H18O2.FH/c1-5-6-8(11)7-9(12)10(2,3)4;/h5-7H2,1-4H3;1H. The SMILES string of the molecule is CCCC(=O)CC(=O)C(C)(C)C.F. The molecule has 0 aliphatic carbocycles. The first-order valence-electron chi connectivity index (χ1n) is 4.43. The zero-order valence-electron chi connectivity index (χ0n) is 8.85. The van der Waals surface area contributed by atoms with Crippen LogP contribution < -0.4 is 0 Å². The van der Waals surface area contributed by atoms with Crippen molar-refractivity contribution in [3.63, 3.8) is 0 Å². The molecule has 0 aromatic rings. The second-order valence-electron chi connectivity index (χ2n) is 4.14. The van der Waals surface area contributed by atoms with Gasteiger partial charge in [-0.25, -0.2) is 0 Å². The van der Waals surface area contributed by atoms with Gasteiger partial charge >= 0.3 is 0 Å². The van der Waals surface area contributed by atoms with Crippen molar-refractivity contribution in [1.29, 1.82) is 0 Å². The molecule has 0 atom stereocenters. The van der Waals surface area contributed by atoms with E-state index in [2.05, 4.69) is 0 Å². The summed E-state index contributed by atoms with van der Waals surface area (Å²) in [7, 11) is 0. The highest BCUT2D eigenvalue weighted by molar-refractivity contribution is 6.01. The van der Waals surface area contributed by atoms with Crippen molar-refractivity contribution >= 4 is 11.6 Å². The van der Waals surface area contributed by atoms with E-state index >= 15 is 0 Å². The highest BCUT2D eigenvalue weighted by Gasteiger charge is 2.22. The van der Waals surface area contributed by atoms with Crippen molar-refractivity contribution in [3.05, 3.63) is 0 Å². The first-order valence-corrected chi connectivity index (χ1v) is 4.43. The predicted molar refractivity (Wildman–Crippen MR) is 51.5 cm³/mol. The molecule has 0 unspecified atom stereocenters. The van der Waals surface area contributed by atoms with E-state index in [0.717, 1.165) is 6.42 Å². The van der Waals surface area contributed by atoms with E-state index in [1.165, 1.54) is 0 Å². The maximum absolute atomic E-state index is 11.3. The molecule has 0 bridgehead atoms. The Hall–Kier alpha value is -0.730. The Morgan fingerprint density at radius 1 is 1.15 bits per heavy atom. The maximum atomic E-state index is 11.3. The van der Waals surface area contributed by atoms with Gasteiger partial charge < -0.3 is 0 Å². The molecule has 0 aromatic heterocycles. The lowest BCUT2D eigenvalue weighted by molar-refractivity contribution is -0.131. The zero-order chi connectivity index (χ0) is 9.78. The molecule has 0 rings (SSSR count). The number of Topliss-reactive ketones (excluding diaryl/α,β-unsaturated/α-hetero) is 2. The average Bonchev–Trinajstić information content (AvgIpc) is 1.85. The Balaban J connectivity index is 0. The first kappa shape index (κ1) is 14.8. The molecule has 78 valence electrons. The molecule has 0 heterocycles. The van der Waals surface area contributed by atoms with Gasteiger partial charge in [-0.1, -0.05) is 27.7 Å². The minimum absolute atomic E-state index is 0. The third kappa shape index (κ3) is 6.43. The van der Waals surface area contributed by atoms with Gasteiger partial charge in [0.2, 0.25) is 0 Å². The molecule has 0 fully saturated rings. The van der Waals surface area contributed by atoms with Crippen LogP contribution in [0, 0.1) is 5.41 Å². The van der Waals surface area contributed by atoms with Crippen LogP contribution in [0.2, 0.25) is 0 Å². The van der Waals surface area contributed by atoms with Gasteiger partial charge in [0.05, 0.1) is 6.42 Å². The normalized spacial score (nSPS) is 10.5. The van der Waals surface area contributed by atoms with Crippen molar-refractivity contribution in [2.24, 2.45) is 5.41 Å². The number of halogens is 1. The number of hydrogen-bond acceptors (Lipinski definition) is 2. The van der Waals surface area contributed by atoms with Crippen LogP contribution in [0.25, 0.3) is 0 Å². The van der Waals surface area contributed by atoms with E-state index in [4.69, 9.17) is 0 Å². The van der Waals surface area contributed by atoms with Gasteiger partial charge in [-0.15, -0.1) is 0 Å². The molecule has 0 aromatic carbocycles. The summed E-state index contributed by atoms with van der Waals surface area (Å²) in [6, 6.07) is 0. The Morgan fingerprint density at radius 2 is 1.62 bits per heavy atom. The van der Waals surface area contributed by atoms with Crippen molar-refractivity contribution in [3.8, 4) is 0 Å². The molecule has 0 N–H and O–H groups in total. The summed E-state index contributed by atoms with van der Waals surface area (Å²) in [6.45, 7) is 7.47. The topological polar surface area (TPSA) is 34.1 Å². The minimum atomic E-state index is -0.372. The molecule has 3 heteroatoms. The Morgan fingerprint density at radius 3 is 1.92 bits per heavy atom. The van der Waals surface area contributed by atoms with Gasteiger partial charge in [0.1, 0.15) is 11.6 Å². The molecule has 0 radical (unpaired) electrons. The van der Waals surface area contributed by atoms with Gasteiger partial charge in [-0.05, 0) is 6.42 Å². The van der Waals surface area contributed by atoms with Crippen LogP contribution in [0.5, 0.6) is 0 Å². The summed E-state index contributed by atoms with van der Waals surface area (Å²) >= 11 is 0. The molecule has 0 saturated carbocycles. The van der Waals surface area contributed by atoms with E-state index < -0.39 is 0 Å². The second kappa shape index (κ2) is 5.84. The van der Waals surface area contributed by atoms with Gasteiger partial charge in [-0.2, -0.15) is 0 Å². The Bertz CT molecular complexity index is 180. The lowest BCUT2D eigenvalue weighted by Crippen LogP contribution is -2.22. The fraction of sp³-hybridized carbons (Fsp3) is 0.800. The lowest BCUT2D eigenvalue weighted by Gasteiger charge is -2.15. The summed E-state index contributed by atoms with van der Waals surface area (Å²) < 4.78 is 0. The van der Waals surface area contributed by atoms with Gasteiger partial charge in [-0.3, -0.25) is 14.3 Å². The zero-order valence-corrected chi connectivity index (χ0v) is 8.85. The Kier molecular flexibility index (Phi) is 6.63. The number of carbonyl (C=O) groups is 2. The van der Waals surface area contributed by atoms with Crippen molar-refractivity contribution in [2.45, 2.75) is 47.0 Å². The summed E-state index contributed by atoms with van der Waals surface area (Å²) in [5.74, 6) is 0.110. The van der Waals surface area contributed by atoms with Crippen LogP contribution >= 0.6 is 0 Å². The van der Waals surface area contributed by atoms with Crippen LogP contribution in [0.15, 0.2) is 0 Å². The van der Waals surface area contributed by atoms with E-state index in [0.29, 0.717) is 6.42 Å². The van der Waals surface area contributed by atoms with E-state index in [1.54, 1.807) is 0 Å². The summed E-state index contributed by atoms with van der Waals surface area (Å²) in [6.07, 6.45) is 1.47. The summed E-state index contributed by atoms with van der Waals surface area (Å²) in [5.41, 5.74) is -0.372. The number of hydrogen-bond donors (Lipinski definition) is 0. The fourth-order valence-electron chi connectivity index (χ4n) is 0.811. The van der Waals surface area contributed by atoms with E-state index in [1.807, 2.05) is 27.7 Å². The molecule has 0 saturated heterocycles. The highest BCUT2D eigenvalue weighted by Crippen LogP contribution is 2.17. The molecule has 2 nitrogen and oxygen atoms in total. The largest absolute Gasteiger partial charge is 0.299 e.